The normalized spacial score (nSPS) is 16.6. The summed E-state index contributed by atoms with van der Waals surface area (Å²) in [6.07, 6.45) is -0.649. The van der Waals surface area contributed by atoms with Gasteiger partial charge in [-0.3, -0.25) is 9.78 Å². The Morgan fingerprint density at radius 3 is 2.27 bits per heavy atom. The van der Waals surface area contributed by atoms with Crippen LogP contribution in [-0.2, 0) is 10.2 Å². The number of likely N-dealkylation sites (tertiary alicyclic amines) is 1. The number of fused-ring (bicyclic) bond motifs is 2. The van der Waals surface area contributed by atoms with Crippen LogP contribution in [0.3, 0.4) is 0 Å². The lowest BCUT2D eigenvalue weighted by molar-refractivity contribution is -0.192. The van der Waals surface area contributed by atoms with E-state index in [4.69, 9.17) is 15.6 Å². The first-order valence-corrected chi connectivity index (χ1v) is 9.81. The Kier molecular flexibility index (Phi) is 6.56. The molecule has 0 aliphatic carbocycles. The maximum atomic E-state index is 14.0. The molecule has 1 aromatic carbocycles. The van der Waals surface area contributed by atoms with E-state index in [2.05, 4.69) is 4.98 Å². The highest BCUT2D eigenvalue weighted by Crippen LogP contribution is 2.47. The fourth-order valence-corrected chi connectivity index (χ4v) is 4.05. The third kappa shape index (κ3) is 5.04. The van der Waals surface area contributed by atoms with E-state index in [1.54, 1.807) is 34.2 Å². The molecule has 3 heterocycles. The standard InChI is InChI=1S/C19H19FN4O2.C2HF3O2/c20-14-3-4-16-15(10-14)19(5-8-23(9-6-19)18(21)26)12-24(16)17(25)13-2-1-7-22-11-13;3-2(4,5)1(6)7/h1-4,7,10-11H,5-6,8-9,12H2,(H2,21,26);(H,6,7). The monoisotopic (exact) mass is 468 g/mol. The summed E-state index contributed by atoms with van der Waals surface area (Å²) in [6, 6.07) is 7.55. The van der Waals surface area contributed by atoms with E-state index < -0.39 is 18.2 Å². The topological polar surface area (TPSA) is 117 Å². The number of nitrogens with two attached hydrogens (primary N) is 1. The van der Waals surface area contributed by atoms with Crippen molar-refractivity contribution in [3.8, 4) is 0 Å². The molecule has 2 aromatic rings. The molecule has 0 bridgehead atoms. The van der Waals surface area contributed by atoms with Gasteiger partial charge in [-0.15, -0.1) is 0 Å². The summed E-state index contributed by atoms with van der Waals surface area (Å²) in [4.78, 5) is 40.6. The molecule has 176 valence electrons. The van der Waals surface area contributed by atoms with Crippen molar-refractivity contribution in [2.75, 3.05) is 24.5 Å². The molecule has 0 unspecified atom stereocenters. The first-order chi connectivity index (χ1) is 15.4. The molecule has 1 saturated heterocycles. The highest BCUT2D eigenvalue weighted by Gasteiger charge is 2.47. The van der Waals surface area contributed by atoms with Gasteiger partial charge in [0.05, 0.1) is 5.56 Å². The van der Waals surface area contributed by atoms with Gasteiger partial charge in [0.1, 0.15) is 5.82 Å². The Labute approximate surface area is 185 Å². The minimum absolute atomic E-state index is 0.153. The molecular weight excluding hydrogens is 448 g/mol. The van der Waals surface area contributed by atoms with Crippen LogP contribution in [0, 0.1) is 5.82 Å². The fourth-order valence-electron chi connectivity index (χ4n) is 4.05. The number of alkyl halides is 3. The van der Waals surface area contributed by atoms with Crippen LogP contribution in [0.2, 0.25) is 0 Å². The number of carboxylic acid groups (broad SMARTS) is 1. The van der Waals surface area contributed by atoms with E-state index in [0.717, 1.165) is 11.3 Å². The Hall–Kier alpha value is -3.70. The van der Waals surface area contributed by atoms with Crippen molar-refractivity contribution >= 4 is 23.6 Å². The number of amides is 3. The van der Waals surface area contributed by atoms with Gasteiger partial charge in [0.15, 0.2) is 0 Å². The highest BCUT2D eigenvalue weighted by atomic mass is 19.4. The summed E-state index contributed by atoms with van der Waals surface area (Å²) < 4.78 is 45.7. The summed E-state index contributed by atoms with van der Waals surface area (Å²) in [7, 11) is 0. The number of hydrogen-bond donors (Lipinski definition) is 2. The molecule has 2 aliphatic heterocycles. The van der Waals surface area contributed by atoms with E-state index in [0.29, 0.717) is 38.0 Å². The smallest absolute Gasteiger partial charge is 0.475 e. The Bertz CT molecular complexity index is 1050. The maximum absolute atomic E-state index is 14.0. The number of benzene rings is 1. The lowest BCUT2D eigenvalue weighted by Gasteiger charge is -2.39. The lowest BCUT2D eigenvalue weighted by Crippen LogP contribution is -2.49. The van der Waals surface area contributed by atoms with Crippen LogP contribution in [0.5, 0.6) is 0 Å². The molecule has 0 saturated carbocycles. The van der Waals surface area contributed by atoms with Gasteiger partial charge in [0, 0.05) is 43.1 Å². The van der Waals surface area contributed by atoms with Crippen LogP contribution in [0.15, 0.2) is 42.7 Å². The van der Waals surface area contributed by atoms with Crippen molar-refractivity contribution in [2.24, 2.45) is 5.73 Å². The highest BCUT2D eigenvalue weighted by molar-refractivity contribution is 6.07. The Morgan fingerprint density at radius 2 is 1.76 bits per heavy atom. The zero-order valence-corrected chi connectivity index (χ0v) is 17.2. The first-order valence-electron chi connectivity index (χ1n) is 9.81. The SMILES string of the molecule is NC(=O)N1CCC2(CC1)CN(C(=O)c1cccnc1)c1ccc(F)cc12.O=C(O)C(F)(F)F. The van der Waals surface area contributed by atoms with Crippen molar-refractivity contribution in [3.63, 3.8) is 0 Å². The van der Waals surface area contributed by atoms with Crippen molar-refractivity contribution < 1.29 is 37.1 Å². The number of primary amides is 1. The Morgan fingerprint density at radius 1 is 1.12 bits per heavy atom. The molecule has 1 aromatic heterocycles. The predicted octanol–water partition coefficient (Wildman–Crippen LogP) is 2.93. The number of urea groups is 1. The molecular formula is C21H20F4N4O4. The van der Waals surface area contributed by atoms with Crippen LogP contribution in [0.1, 0.15) is 28.8 Å². The minimum atomic E-state index is -5.08. The second-order valence-corrected chi connectivity index (χ2v) is 7.70. The molecule has 33 heavy (non-hydrogen) atoms. The van der Waals surface area contributed by atoms with Gasteiger partial charge in [-0.1, -0.05) is 0 Å². The quantitative estimate of drug-likeness (QED) is 0.625. The number of pyridine rings is 1. The van der Waals surface area contributed by atoms with E-state index in [1.807, 2.05) is 0 Å². The van der Waals surface area contributed by atoms with Gasteiger partial charge >= 0.3 is 18.2 Å². The summed E-state index contributed by atoms with van der Waals surface area (Å²) in [5.74, 6) is -3.23. The number of anilines is 1. The third-order valence-corrected chi connectivity index (χ3v) is 5.71. The van der Waals surface area contributed by atoms with Gasteiger partial charge in [0.2, 0.25) is 0 Å². The second kappa shape index (κ2) is 9.04. The van der Waals surface area contributed by atoms with Gasteiger partial charge in [0.25, 0.3) is 5.91 Å². The summed E-state index contributed by atoms with van der Waals surface area (Å²) in [5, 5.41) is 7.12. The molecule has 3 N–H and O–H groups in total. The van der Waals surface area contributed by atoms with Crippen molar-refractivity contribution in [1.29, 1.82) is 0 Å². The van der Waals surface area contributed by atoms with Gasteiger partial charge in [-0.2, -0.15) is 13.2 Å². The van der Waals surface area contributed by atoms with Crippen LogP contribution in [-0.4, -0.2) is 58.7 Å². The number of aliphatic carboxylic acids is 1. The number of halogens is 4. The summed E-state index contributed by atoms with van der Waals surface area (Å²) in [5.41, 5.74) is 7.08. The third-order valence-electron chi connectivity index (χ3n) is 5.71. The first kappa shape index (κ1) is 24.0. The van der Waals surface area contributed by atoms with Gasteiger partial charge in [-0.25, -0.2) is 14.0 Å². The average Bonchev–Trinajstić information content (AvgIpc) is 3.07. The summed E-state index contributed by atoms with van der Waals surface area (Å²) in [6.45, 7) is 1.46. The molecule has 4 rings (SSSR count). The van der Waals surface area contributed by atoms with E-state index in [-0.39, 0.29) is 17.1 Å². The number of rotatable bonds is 1. The molecule has 3 amide bonds. The zero-order chi connectivity index (χ0) is 24.4. The number of piperidine rings is 1. The molecule has 0 atom stereocenters. The average molecular weight is 468 g/mol. The zero-order valence-electron chi connectivity index (χ0n) is 17.2. The maximum Gasteiger partial charge on any atom is 0.490 e. The number of nitrogens with zero attached hydrogens (tertiary/aromatic N) is 3. The number of aromatic nitrogens is 1. The molecule has 8 nitrogen and oxygen atoms in total. The molecule has 12 heteroatoms. The van der Waals surface area contributed by atoms with Crippen molar-refractivity contribution in [2.45, 2.75) is 24.4 Å². The summed E-state index contributed by atoms with van der Waals surface area (Å²) >= 11 is 0. The van der Waals surface area contributed by atoms with Crippen molar-refractivity contribution in [3.05, 3.63) is 59.7 Å². The number of hydrogen-bond acceptors (Lipinski definition) is 4. The van der Waals surface area contributed by atoms with E-state index in [9.17, 15) is 27.2 Å². The Balaban J connectivity index is 0.000000383. The predicted molar refractivity (Wildman–Crippen MR) is 108 cm³/mol. The molecule has 0 radical (unpaired) electrons. The lowest BCUT2D eigenvalue weighted by atomic mass is 9.74. The molecule has 1 spiro atoms. The van der Waals surface area contributed by atoms with Crippen LogP contribution in [0.4, 0.5) is 28.0 Å². The van der Waals surface area contributed by atoms with E-state index >= 15 is 0 Å². The van der Waals surface area contributed by atoms with Gasteiger partial charge < -0.3 is 20.6 Å². The second-order valence-electron chi connectivity index (χ2n) is 7.70. The minimum Gasteiger partial charge on any atom is -0.475 e. The largest absolute Gasteiger partial charge is 0.490 e. The number of carboxylic acids is 1. The number of carbonyl (C=O) groups excluding carboxylic acids is 2. The van der Waals surface area contributed by atoms with Crippen LogP contribution in [0.25, 0.3) is 0 Å². The molecule has 1 fully saturated rings. The van der Waals surface area contributed by atoms with Gasteiger partial charge in [-0.05, 0) is 48.7 Å². The fraction of sp³-hybridized carbons (Fsp3) is 0.333. The van der Waals surface area contributed by atoms with Crippen molar-refractivity contribution in [1.82, 2.24) is 9.88 Å². The number of carbonyl (C=O) groups is 3. The van der Waals surface area contributed by atoms with E-state index in [1.165, 1.54) is 18.3 Å². The van der Waals surface area contributed by atoms with Crippen LogP contribution < -0.4 is 10.6 Å². The molecule has 2 aliphatic rings. The van der Waals surface area contributed by atoms with Crippen LogP contribution >= 0.6 is 0 Å².